The van der Waals surface area contributed by atoms with Crippen molar-refractivity contribution in [3.8, 4) is 11.5 Å². The van der Waals surface area contributed by atoms with Crippen LogP contribution in [-0.2, 0) is 14.3 Å². The van der Waals surface area contributed by atoms with Gasteiger partial charge in [-0.15, -0.1) is 0 Å². The molecule has 0 N–H and O–H groups in total. The van der Waals surface area contributed by atoms with Crippen LogP contribution in [0.4, 0.5) is 22.0 Å². The fourth-order valence-electron chi connectivity index (χ4n) is 2.28. The molecule has 0 heterocycles. The van der Waals surface area contributed by atoms with E-state index in [4.69, 9.17) is 9.47 Å². The number of halogens is 5. The van der Waals surface area contributed by atoms with Gasteiger partial charge in [-0.2, -0.15) is 22.0 Å². The maximum Gasteiger partial charge on any atom is 0.456 e. The Morgan fingerprint density at radius 1 is 0.903 bits per heavy atom. The second-order valence-electron chi connectivity index (χ2n) is 7.39. The van der Waals surface area contributed by atoms with Crippen LogP contribution in [0.1, 0.15) is 27.2 Å². The van der Waals surface area contributed by atoms with Crippen molar-refractivity contribution in [2.24, 2.45) is 5.41 Å². The number of ether oxygens (including phenoxy) is 3. The number of carbonyl (C=O) groups excluding carboxylic acids is 2. The molecular weight excluding hydrogens is 427 g/mol. The summed E-state index contributed by atoms with van der Waals surface area (Å²) < 4.78 is 76.8. The normalized spacial score (nSPS) is 12.5. The van der Waals surface area contributed by atoms with Gasteiger partial charge in [0.15, 0.2) is 13.2 Å². The molecule has 170 valence electrons. The summed E-state index contributed by atoms with van der Waals surface area (Å²) in [5, 5.41) is 0.924. The summed E-state index contributed by atoms with van der Waals surface area (Å²) in [6.45, 7) is 2.30. The first kappa shape index (κ1) is 24.4. The van der Waals surface area contributed by atoms with E-state index < -0.39 is 42.7 Å². The summed E-state index contributed by atoms with van der Waals surface area (Å²) in [6.07, 6.45) is -5.27. The molecule has 2 rings (SSSR count). The summed E-state index contributed by atoms with van der Waals surface area (Å²) in [4.78, 5) is 23.9. The van der Waals surface area contributed by atoms with Crippen molar-refractivity contribution in [3.63, 3.8) is 0 Å². The Morgan fingerprint density at radius 2 is 1.45 bits per heavy atom. The van der Waals surface area contributed by atoms with Crippen molar-refractivity contribution in [1.82, 2.24) is 0 Å². The molecule has 0 aliphatic carbocycles. The molecule has 31 heavy (non-hydrogen) atoms. The minimum atomic E-state index is -5.83. The molecule has 0 aliphatic rings. The fourth-order valence-corrected chi connectivity index (χ4v) is 2.28. The van der Waals surface area contributed by atoms with E-state index >= 15 is 0 Å². The molecule has 0 bridgehead atoms. The lowest BCUT2D eigenvalue weighted by molar-refractivity contribution is -0.294. The molecule has 10 heteroatoms. The van der Waals surface area contributed by atoms with Crippen molar-refractivity contribution in [2.45, 2.75) is 39.3 Å². The summed E-state index contributed by atoms with van der Waals surface area (Å²) in [7, 11) is 0. The Labute approximate surface area is 175 Å². The highest BCUT2D eigenvalue weighted by molar-refractivity contribution is 5.95. The van der Waals surface area contributed by atoms with Gasteiger partial charge in [0.1, 0.15) is 11.5 Å². The van der Waals surface area contributed by atoms with Crippen LogP contribution in [0.3, 0.4) is 0 Å². The van der Waals surface area contributed by atoms with Gasteiger partial charge in [0, 0.05) is 10.8 Å². The van der Waals surface area contributed by atoms with Crippen LogP contribution in [0.5, 0.6) is 11.5 Å². The van der Waals surface area contributed by atoms with Crippen LogP contribution in [0, 0.1) is 5.41 Å². The standard InChI is InChI=1S/C21H21F5O5/c1-4-19(2,3)18(28)31-16-10-6-7-13-14(16)8-5-9-15(13)29-11-17(27)30-12-20(22,23)21(24,25)26/h5-10H,4,11-12H2,1-3H3. The second-order valence-corrected chi connectivity index (χ2v) is 7.39. The molecule has 0 radical (unpaired) electrons. The summed E-state index contributed by atoms with van der Waals surface area (Å²) >= 11 is 0. The molecule has 2 aromatic carbocycles. The lowest BCUT2D eigenvalue weighted by atomic mass is 9.90. The summed E-state index contributed by atoms with van der Waals surface area (Å²) in [5.41, 5.74) is -0.710. The van der Waals surface area contributed by atoms with Crippen molar-refractivity contribution >= 4 is 22.7 Å². The monoisotopic (exact) mass is 448 g/mol. The molecule has 0 atom stereocenters. The molecule has 0 saturated heterocycles. The molecule has 0 spiro atoms. The van der Waals surface area contributed by atoms with Gasteiger partial charge < -0.3 is 14.2 Å². The molecule has 5 nitrogen and oxygen atoms in total. The smallest absolute Gasteiger partial charge is 0.456 e. The van der Waals surface area contributed by atoms with E-state index in [-0.39, 0.29) is 11.5 Å². The van der Waals surface area contributed by atoms with E-state index in [1.54, 1.807) is 44.2 Å². The molecular formula is C21H21F5O5. The Morgan fingerprint density at radius 3 is 2.00 bits per heavy atom. The third-order valence-electron chi connectivity index (χ3n) is 4.66. The van der Waals surface area contributed by atoms with Crippen molar-refractivity contribution in [3.05, 3.63) is 36.4 Å². The van der Waals surface area contributed by atoms with E-state index in [9.17, 15) is 31.5 Å². The number of esters is 2. The number of rotatable bonds is 8. The van der Waals surface area contributed by atoms with Gasteiger partial charge >= 0.3 is 24.0 Å². The predicted octanol–water partition coefficient (Wildman–Crippen LogP) is 5.30. The second kappa shape index (κ2) is 9.07. The van der Waals surface area contributed by atoms with Gasteiger partial charge in [-0.3, -0.25) is 4.79 Å². The third kappa shape index (κ3) is 5.83. The Balaban J connectivity index is 2.12. The Hall–Kier alpha value is -2.91. The van der Waals surface area contributed by atoms with Gasteiger partial charge in [0.25, 0.3) is 0 Å². The average molecular weight is 448 g/mol. The first-order chi connectivity index (χ1) is 14.3. The van der Waals surface area contributed by atoms with Crippen molar-refractivity contribution in [2.75, 3.05) is 13.2 Å². The van der Waals surface area contributed by atoms with E-state index in [0.717, 1.165) is 0 Å². The number of hydrogen-bond acceptors (Lipinski definition) is 5. The lowest BCUT2D eigenvalue weighted by Gasteiger charge is -2.21. The molecule has 0 amide bonds. The molecule has 0 fully saturated rings. The SMILES string of the molecule is CCC(C)(C)C(=O)Oc1cccc2c(OCC(=O)OCC(F)(F)C(F)(F)F)cccc12. The number of alkyl halides is 5. The van der Waals surface area contributed by atoms with Crippen LogP contribution in [0.2, 0.25) is 0 Å². The quantitative estimate of drug-likeness (QED) is 0.312. The Bertz CT molecular complexity index is 953. The third-order valence-corrected chi connectivity index (χ3v) is 4.66. The number of fused-ring (bicyclic) bond motifs is 1. The van der Waals surface area contributed by atoms with Crippen LogP contribution < -0.4 is 9.47 Å². The van der Waals surface area contributed by atoms with Gasteiger partial charge in [-0.1, -0.05) is 31.2 Å². The van der Waals surface area contributed by atoms with Gasteiger partial charge in [-0.05, 0) is 32.4 Å². The maximum atomic E-state index is 12.8. The van der Waals surface area contributed by atoms with E-state index in [1.807, 2.05) is 6.92 Å². The lowest BCUT2D eigenvalue weighted by Crippen LogP contribution is -2.41. The van der Waals surface area contributed by atoms with E-state index in [2.05, 4.69) is 4.74 Å². The van der Waals surface area contributed by atoms with Crippen LogP contribution in [0.15, 0.2) is 36.4 Å². The molecule has 0 aromatic heterocycles. The number of carbonyl (C=O) groups is 2. The molecule has 0 saturated carbocycles. The zero-order valence-corrected chi connectivity index (χ0v) is 17.0. The predicted molar refractivity (Wildman–Crippen MR) is 101 cm³/mol. The highest BCUT2D eigenvalue weighted by Gasteiger charge is 2.58. The van der Waals surface area contributed by atoms with Gasteiger partial charge in [-0.25, -0.2) is 4.79 Å². The van der Waals surface area contributed by atoms with Crippen LogP contribution in [0.25, 0.3) is 10.8 Å². The zero-order valence-electron chi connectivity index (χ0n) is 17.0. The zero-order chi connectivity index (χ0) is 23.4. The summed E-state index contributed by atoms with van der Waals surface area (Å²) in [6, 6.07) is 9.41. The van der Waals surface area contributed by atoms with Crippen LogP contribution >= 0.6 is 0 Å². The fraction of sp³-hybridized carbons (Fsp3) is 0.429. The highest BCUT2D eigenvalue weighted by Crippen LogP contribution is 2.36. The van der Waals surface area contributed by atoms with Crippen LogP contribution in [-0.4, -0.2) is 37.3 Å². The average Bonchev–Trinajstić information content (AvgIpc) is 2.70. The number of hydrogen-bond donors (Lipinski definition) is 0. The number of benzene rings is 2. The van der Waals surface area contributed by atoms with Crippen molar-refractivity contribution in [1.29, 1.82) is 0 Å². The Kier molecular flexibility index (Phi) is 7.13. The van der Waals surface area contributed by atoms with E-state index in [1.165, 1.54) is 6.07 Å². The largest absolute Gasteiger partial charge is 0.481 e. The van der Waals surface area contributed by atoms with E-state index in [0.29, 0.717) is 17.2 Å². The summed E-state index contributed by atoms with van der Waals surface area (Å²) in [5.74, 6) is -6.62. The molecule has 0 aliphatic heterocycles. The van der Waals surface area contributed by atoms with Gasteiger partial charge in [0.2, 0.25) is 0 Å². The molecule has 0 unspecified atom stereocenters. The maximum absolute atomic E-state index is 12.8. The topological polar surface area (TPSA) is 61.8 Å². The first-order valence-electron chi connectivity index (χ1n) is 9.25. The molecule has 2 aromatic rings. The van der Waals surface area contributed by atoms with Crippen molar-refractivity contribution < 1.29 is 45.8 Å². The first-order valence-corrected chi connectivity index (χ1v) is 9.25. The minimum absolute atomic E-state index is 0.129. The van der Waals surface area contributed by atoms with Gasteiger partial charge in [0.05, 0.1) is 5.41 Å². The minimum Gasteiger partial charge on any atom is -0.481 e. The highest BCUT2D eigenvalue weighted by atomic mass is 19.4.